The number of aliphatic hydroxyl groups is 1. The van der Waals surface area contributed by atoms with Crippen molar-refractivity contribution in [3.8, 4) is 0 Å². The Balaban J connectivity index is 2.02. The van der Waals surface area contributed by atoms with Crippen molar-refractivity contribution in [2.24, 2.45) is 11.8 Å². The van der Waals surface area contributed by atoms with Crippen LogP contribution in [0.15, 0.2) is 24.3 Å². The van der Waals surface area contributed by atoms with E-state index in [1.165, 1.54) is 0 Å². The normalized spacial score (nSPS) is 23.3. The minimum Gasteiger partial charge on any atom is -0.391 e. The summed E-state index contributed by atoms with van der Waals surface area (Å²) in [5.74, 6) is 0.0257. The first-order valence-corrected chi connectivity index (χ1v) is 7.78. The van der Waals surface area contributed by atoms with Gasteiger partial charge in [0.2, 0.25) is 5.91 Å². The number of hydrogen-bond donors (Lipinski definition) is 3. The summed E-state index contributed by atoms with van der Waals surface area (Å²) in [5, 5.41) is 16.5. The Hall–Kier alpha value is -1.10. The molecule has 1 aliphatic heterocycles. The van der Waals surface area contributed by atoms with Gasteiger partial charge in [0.15, 0.2) is 0 Å². The van der Waals surface area contributed by atoms with Crippen molar-refractivity contribution in [3.05, 3.63) is 34.9 Å². The summed E-state index contributed by atoms with van der Waals surface area (Å²) in [6, 6.07) is 7.45. The number of β-amino-alcohol motifs (C(OH)–C–C–N with tert-alkyl or cyclic N) is 1. The maximum Gasteiger partial charge on any atom is 0.227 e. The lowest BCUT2D eigenvalue weighted by Crippen LogP contribution is -2.38. The Morgan fingerprint density at radius 2 is 2.24 bits per heavy atom. The number of halogens is 1. The maximum absolute atomic E-state index is 12.5. The second-order valence-corrected chi connectivity index (χ2v) is 6.44. The topological polar surface area (TPSA) is 61.4 Å². The highest BCUT2D eigenvalue weighted by atomic mass is 35.5. The lowest BCUT2D eigenvalue weighted by atomic mass is 9.87. The smallest absolute Gasteiger partial charge is 0.227 e. The highest BCUT2D eigenvalue weighted by Crippen LogP contribution is 2.27. The summed E-state index contributed by atoms with van der Waals surface area (Å²) < 4.78 is 0. The minimum atomic E-state index is -0.381. The first kappa shape index (κ1) is 16.3. The van der Waals surface area contributed by atoms with Gasteiger partial charge in [-0.25, -0.2) is 0 Å². The number of carbonyl (C=O) groups excluding carboxylic acids is 1. The predicted octanol–water partition coefficient (Wildman–Crippen LogP) is 1.78. The zero-order chi connectivity index (χ0) is 15.4. The van der Waals surface area contributed by atoms with Crippen LogP contribution in [0.3, 0.4) is 0 Å². The van der Waals surface area contributed by atoms with Crippen LogP contribution < -0.4 is 10.6 Å². The van der Waals surface area contributed by atoms with E-state index in [4.69, 9.17) is 11.6 Å². The molecule has 0 aliphatic carbocycles. The van der Waals surface area contributed by atoms with Gasteiger partial charge in [-0.2, -0.15) is 0 Å². The molecule has 0 spiro atoms. The van der Waals surface area contributed by atoms with Crippen molar-refractivity contribution in [1.82, 2.24) is 10.6 Å². The van der Waals surface area contributed by atoms with Crippen LogP contribution in [0.1, 0.15) is 25.3 Å². The monoisotopic (exact) mass is 310 g/mol. The average Bonchev–Trinajstić information content (AvgIpc) is 2.82. The number of aliphatic hydroxyl groups excluding tert-OH is 1. The molecule has 4 nitrogen and oxygen atoms in total. The molecule has 1 amide bonds. The van der Waals surface area contributed by atoms with Gasteiger partial charge in [-0.3, -0.25) is 4.79 Å². The number of hydrogen-bond acceptors (Lipinski definition) is 3. The van der Waals surface area contributed by atoms with Gasteiger partial charge in [-0.05, 0) is 23.6 Å². The summed E-state index contributed by atoms with van der Waals surface area (Å²) >= 11 is 6.03. The molecule has 2 rings (SSSR count). The van der Waals surface area contributed by atoms with E-state index < -0.39 is 0 Å². The van der Waals surface area contributed by atoms with Crippen LogP contribution in [0, 0.1) is 11.8 Å². The number of nitrogens with one attached hydrogen (secondary N) is 2. The van der Waals surface area contributed by atoms with Crippen LogP contribution in [0.2, 0.25) is 5.02 Å². The molecular formula is C16H23ClN2O2. The zero-order valence-corrected chi connectivity index (χ0v) is 13.2. The number of benzene rings is 1. The highest BCUT2D eigenvalue weighted by molar-refractivity contribution is 6.30. The molecule has 0 saturated carbocycles. The second-order valence-electron chi connectivity index (χ2n) is 6.01. The van der Waals surface area contributed by atoms with E-state index in [1.54, 1.807) is 6.07 Å². The molecule has 3 unspecified atom stereocenters. The van der Waals surface area contributed by atoms with Gasteiger partial charge in [-0.15, -0.1) is 0 Å². The number of carbonyl (C=O) groups is 1. The van der Waals surface area contributed by atoms with Gasteiger partial charge in [0.25, 0.3) is 0 Å². The molecule has 3 atom stereocenters. The van der Waals surface area contributed by atoms with Crippen LogP contribution in [-0.4, -0.2) is 36.8 Å². The Bertz CT molecular complexity index is 493. The highest BCUT2D eigenvalue weighted by Gasteiger charge is 2.28. The van der Waals surface area contributed by atoms with Gasteiger partial charge >= 0.3 is 0 Å². The third kappa shape index (κ3) is 4.19. The van der Waals surface area contributed by atoms with E-state index in [9.17, 15) is 9.90 Å². The molecule has 0 aromatic heterocycles. The molecule has 0 radical (unpaired) electrons. The Morgan fingerprint density at radius 1 is 1.48 bits per heavy atom. The first-order chi connectivity index (χ1) is 9.99. The van der Waals surface area contributed by atoms with Crippen LogP contribution in [0.5, 0.6) is 0 Å². The molecular weight excluding hydrogens is 288 g/mol. The van der Waals surface area contributed by atoms with Gasteiger partial charge in [0.05, 0.1) is 12.0 Å². The largest absolute Gasteiger partial charge is 0.391 e. The molecule has 116 valence electrons. The fourth-order valence-corrected chi connectivity index (χ4v) is 3.01. The summed E-state index contributed by atoms with van der Waals surface area (Å²) in [4.78, 5) is 12.5. The lowest BCUT2D eigenvalue weighted by molar-refractivity contribution is -0.123. The van der Waals surface area contributed by atoms with E-state index in [-0.39, 0.29) is 29.8 Å². The number of amides is 1. The van der Waals surface area contributed by atoms with Crippen LogP contribution in [-0.2, 0) is 4.79 Å². The Kier molecular flexibility index (Phi) is 5.62. The average molecular weight is 311 g/mol. The molecule has 1 saturated heterocycles. The molecule has 1 fully saturated rings. The van der Waals surface area contributed by atoms with E-state index in [1.807, 2.05) is 32.0 Å². The summed E-state index contributed by atoms with van der Waals surface area (Å²) in [7, 11) is 0. The van der Waals surface area contributed by atoms with Crippen molar-refractivity contribution in [2.75, 3.05) is 19.6 Å². The van der Waals surface area contributed by atoms with Gasteiger partial charge in [-0.1, -0.05) is 37.6 Å². The standard InChI is InChI=1S/C16H23ClN2O2/c1-10(2)15(11-4-3-5-13(17)6-11)16(21)19-8-12-7-18-9-14(12)20/h3-6,10,12,14-15,18,20H,7-9H2,1-2H3,(H,19,21). The predicted molar refractivity (Wildman–Crippen MR) is 84.4 cm³/mol. The van der Waals surface area contributed by atoms with Crippen molar-refractivity contribution >= 4 is 17.5 Å². The van der Waals surface area contributed by atoms with Crippen LogP contribution in [0.4, 0.5) is 0 Å². The van der Waals surface area contributed by atoms with Crippen LogP contribution >= 0.6 is 11.6 Å². The SMILES string of the molecule is CC(C)C(C(=O)NCC1CNCC1O)c1cccc(Cl)c1. The molecule has 3 N–H and O–H groups in total. The maximum atomic E-state index is 12.5. The molecule has 5 heteroatoms. The van der Waals surface area contributed by atoms with E-state index in [2.05, 4.69) is 10.6 Å². The summed E-state index contributed by atoms with van der Waals surface area (Å²) in [5.41, 5.74) is 0.931. The van der Waals surface area contributed by atoms with Crippen LogP contribution in [0.25, 0.3) is 0 Å². The third-order valence-electron chi connectivity index (χ3n) is 4.00. The van der Waals surface area contributed by atoms with Crippen molar-refractivity contribution in [1.29, 1.82) is 0 Å². The van der Waals surface area contributed by atoms with Gasteiger partial charge in [0.1, 0.15) is 0 Å². The fourth-order valence-electron chi connectivity index (χ4n) is 2.81. The van der Waals surface area contributed by atoms with Gasteiger partial charge in [0, 0.05) is 30.6 Å². The molecule has 1 heterocycles. The lowest BCUT2D eigenvalue weighted by Gasteiger charge is -2.22. The summed E-state index contributed by atoms with van der Waals surface area (Å²) in [6.07, 6.45) is -0.381. The second kappa shape index (κ2) is 7.25. The van der Waals surface area contributed by atoms with E-state index >= 15 is 0 Å². The van der Waals surface area contributed by atoms with E-state index in [0.717, 1.165) is 12.1 Å². The molecule has 0 bridgehead atoms. The molecule has 1 aromatic carbocycles. The summed E-state index contributed by atoms with van der Waals surface area (Å²) in [6.45, 7) is 5.89. The zero-order valence-electron chi connectivity index (χ0n) is 12.5. The fraction of sp³-hybridized carbons (Fsp3) is 0.562. The molecule has 1 aromatic rings. The van der Waals surface area contributed by atoms with E-state index in [0.29, 0.717) is 18.1 Å². The quantitative estimate of drug-likeness (QED) is 0.777. The number of rotatable bonds is 5. The van der Waals surface area contributed by atoms with Crippen molar-refractivity contribution < 1.29 is 9.90 Å². The molecule has 21 heavy (non-hydrogen) atoms. The first-order valence-electron chi connectivity index (χ1n) is 7.41. The molecule has 1 aliphatic rings. The Morgan fingerprint density at radius 3 is 2.81 bits per heavy atom. The third-order valence-corrected chi connectivity index (χ3v) is 4.23. The Labute approximate surface area is 130 Å². The minimum absolute atomic E-state index is 0.00799. The van der Waals surface area contributed by atoms with Crippen molar-refractivity contribution in [2.45, 2.75) is 25.9 Å². The van der Waals surface area contributed by atoms with Crippen molar-refractivity contribution in [3.63, 3.8) is 0 Å². The van der Waals surface area contributed by atoms with Gasteiger partial charge < -0.3 is 15.7 Å².